The Balaban J connectivity index is 1.58. The zero-order valence-electron chi connectivity index (χ0n) is 17.2. The van der Waals surface area contributed by atoms with Gasteiger partial charge in [0, 0.05) is 5.02 Å². The molecule has 3 aromatic carbocycles. The summed E-state index contributed by atoms with van der Waals surface area (Å²) in [5.41, 5.74) is 5.35. The van der Waals surface area contributed by atoms with Gasteiger partial charge in [-0.2, -0.15) is 5.10 Å². The van der Waals surface area contributed by atoms with Crippen LogP contribution < -0.4 is 11.0 Å². The summed E-state index contributed by atoms with van der Waals surface area (Å²) in [7, 11) is 0. The van der Waals surface area contributed by atoms with Crippen LogP contribution in [-0.2, 0) is 4.79 Å². The molecule has 160 valence electrons. The highest BCUT2D eigenvalue weighted by Gasteiger charge is 2.15. The van der Waals surface area contributed by atoms with Gasteiger partial charge in [-0.25, -0.2) is 10.4 Å². The number of carbonyl (C=O) groups excluding carboxylic acids is 1. The molecule has 1 heterocycles. The first-order chi connectivity index (χ1) is 15.5. The van der Waals surface area contributed by atoms with Crippen LogP contribution in [0.2, 0.25) is 5.02 Å². The van der Waals surface area contributed by atoms with Crippen molar-refractivity contribution in [2.75, 3.05) is 5.75 Å². The van der Waals surface area contributed by atoms with Gasteiger partial charge in [-0.15, -0.1) is 0 Å². The summed E-state index contributed by atoms with van der Waals surface area (Å²) in [5.74, 6) is -0.268. The summed E-state index contributed by atoms with van der Waals surface area (Å²) in [6.07, 6.45) is 1.52. The van der Waals surface area contributed by atoms with E-state index in [4.69, 9.17) is 11.6 Å². The molecule has 0 unspecified atom stereocenters. The maximum absolute atomic E-state index is 13.3. The molecule has 4 aromatic rings. The van der Waals surface area contributed by atoms with Crippen molar-refractivity contribution in [2.24, 2.45) is 5.10 Å². The van der Waals surface area contributed by atoms with Crippen LogP contribution in [-0.4, -0.2) is 27.4 Å². The monoisotopic (exact) mass is 462 g/mol. The molecule has 0 saturated heterocycles. The topological polar surface area (TPSA) is 76.3 Å². The maximum Gasteiger partial charge on any atom is 0.266 e. The number of hydrazone groups is 1. The van der Waals surface area contributed by atoms with Crippen molar-refractivity contribution < 1.29 is 4.79 Å². The fourth-order valence-electron chi connectivity index (χ4n) is 3.16. The van der Waals surface area contributed by atoms with E-state index in [2.05, 4.69) is 15.5 Å². The van der Waals surface area contributed by atoms with Crippen LogP contribution in [0, 0.1) is 6.92 Å². The van der Waals surface area contributed by atoms with Gasteiger partial charge in [-0.1, -0.05) is 65.8 Å². The summed E-state index contributed by atoms with van der Waals surface area (Å²) in [5, 5.41) is 5.53. The molecule has 4 rings (SSSR count). The van der Waals surface area contributed by atoms with Gasteiger partial charge in [0.2, 0.25) is 0 Å². The fraction of sp³-hybridized carbons (Fsp3) is 0.0833. The highest BCUT2D eigenvalue weighted by Crippen LogP contribution is 2.23. The molecule has 0 fully saturated rings. The quantitative estimate of drug-likeness (QED) is 0.197. The van der Waals surface area contributed by atoms with Crippen molar-refractivity contribution in [2.45, 2.75) is 12.1 Å². The van der Waals surface area contributed by atoms with Gasteiger partial charge in [-0.05, 0) is 48.4 Å². The molecule has 0 aliphatic heterocycles. The maximum atomic E-state index is 13.3. The van der Waals surface area contributed by atoms with E-state index >= 15 is 0 Å². The second-order valence-electron chi connectivity index (χ2n) is 6.98. The lowest BCUT2D eigenvalue weighted by Crippen LogP contribution is -2.24. The number of rotatable bonds is 6. The largest absolute Gasteiger partial charge is 0.272 e. The highest BCUT2D eigenvalue weighted by molar-refractivity contribution is 7.99. The number of para-hydroxylation sites is 2. The SMILES string of the molecule is Cc1ccccc1-n1c(SCC(=O)N/N=C\c2cccc(Cl)c2)nc2ccccc2c1=O. The number of benzene rings is 3. The first-order valence-corrected chi connectivity index (χ1v) is 11.2. The number of nitrogens with one attached hydrogen (secondary N) is 1. The number of aryl methyl sites for hydroxylation is 1. The van der Waals surface area contributed by atoms with Gasteiger partial charge in [0.1, 0.15) is 0 Å². The zero-order valence-corrected chi connectivity index (χ0v) is 18.7. The number of hydrogen-bond donors (Lipinski definition) is 1. The summed E-state index contributed by atoms with van der Waals surface area (Å²) in [6.45, 7) is 1.93. The van der Waals surface area contributed by atoms with Crippen LogP contribution in [0.5, 0.6) is 0 Å². The first kappa shape index (κ1) is 21.8. The normalized spacial score (nSPS) is 11.2. The minimum Gasteiger partial charge on any atom is -0.272 e. The van der Waals surface area contributed by atoms with E-state index in [1.54, 1.807) is 34.9 Å². The number of hydrogen-bond acceptors (Lipinski definition) is 5. The third-order valence-corrected chi connectivity index (χ3v) is 5.86. The molecule has 0 aliphatic rings. The first-order valence-electron chi connectivity index (χ1n) is 9.81. The Bertz CT molecular complexity index is 1380. The minimum absolute atomic E-state index is 0.0452. The van der Waals surface area contributed by atoms with Crippen molar-refractivity contribution in [3.05, 3.63) is 99.3 Å². The molecular formula is C24H19ClN4O2S. The molecule has 0 radical (unpaired) electrons. The van der Waals surface area contributed by atoms with Gasteiger partial charge in [0.15, 0.2) is 5.16 Å². The number of amides is 1. The lowest BCUT2D eigenvalue weighted by Gasteiger charge is -2.14. The molecule has 0 atom stereocenters. The Hall–Kier alpha value is -3.42. The van der Waals surface area contributed by atoms with Crippen LogP contribution in [0.1, 0.15) is 11.1 Å². The van der Waals surface area contributed by atoms with Gasteiger partial charge in [0.25, 0.3) is 11.5 Å². The summed E-state index contributed by atoms with van der Waals surface area (Å²) in [6, 6.07) is 21.9. The van der Waals surface area contributed by atoms with Crippen molar-refractivity contribution >= 4 is 46.4 Å². The Labute approximate surface area is 194 Å². The van der Waals surface area contributed by atoms with Gasteiger partial charge < -0.3 is 0 Å². The van der Waals surface area contributed by atoms with Gasteiger partial charge in [0.05, 0.1) is 28.6 Å². The van der Waals surface area contributed by atoms with E-state index in [0.29, 0.717) is 21.1 Å². The molecule has 0 bridgehead atoms. The van der Waals surface area contributed by atoms with E-state index < -0.39 is 0 Å². The van der Waals surface area contributed by atoms with Crippen LogP contribution in [0.25, 0.3) is 16.6 Å². The van der Waals surface area contributed by atoms with Crippen molar-refractivity contribution in [1.29, 1.82) is 0 Å². The molecule has 0 saturated carbocycles. The molecular weight excluding hydrogens is 444 g/mol. The molecule has 1 amide bonds. The standard InChI is InChI=1S/C24H19ClN4O2S/c1-16-7-2-5-12-21(16)29-23(31)19-10-3-4-11-20(19)27-24(29)32-15-22(30)28-26-14-17-8-6-9-18(25)13-17/h2-14H,15H2,1H3,(H,28,30)/b26-14-. The third-order valence-electron chi connectivity index (χ3n) is 4.69. The Morgan fingerprint density at radius 1 is 1.12 bits per heavy atom. The van der Waals surface area contributed by atoms with Crippen LogP contribution in [0.3, 0.4) is 0 Å². The number of aromatic nitrogens is 2. The second-order valence-corrected chi connectivity index (χ2v) is 8.35. The number of halogens is 1. The average Bonchev–Trinajstić information content (AvgIpc) is 2.79. The molecule has 1 aromatic heterocycles. The third kappa shape index (κ3) is 4.90. The van der Waals surface area contributed by atoms with E-state index in [9.17, 15) is 9.59 Å². The molecule has 1 N–H and O–H groups in total. The Morgan fingerprint density at radius 2 is 1.91 bits per heavy atom. The van der Waals surface area contributed by atoms with Crippen LogP contribution >= 0.6 is 23.4 Å². The molecule has 8 heteroatoms. The molecule has 0 spiro atoms. The van der Waals surface area contributed by atoms with Crippen molar-refractivity contribution in [1.82, 2.24) is 15.0 Å². The predicted octanol–water partition coefficient (Wildman–Crippen LogP) is 4.59. The number of nitrogens with zero attached hydrogens (tertiary/aromatic N) is 3. The lowest BCUT2D eigenvalue weighted by molar-refractivity contribution is -0.118. The van der Waals surface area contributed by atoms with Crippen molar-refractivity contribution in [3.8, 4) is 5.69 Å². The number of carbonyl (C=O) groups is 1. The van der Waals surface area contributed by atoms with Gasteiger partial charge >= 0.3 is 0 Å². The summed E-state index contributed by atoms with van der Waals surface area (Å²) >= 11 is 7.13. The number of thioether (sulfide) groups is 1. The zero-order chi connectivity index (χ0) is 22.5. The van der Waals surface area contributed by atoms with E-state index in [0.717, 1.165) is 16.8 Å². The highest BCUT2D eigenvalue weighted by atomic mass is 35.5. The Morgan fingerprint density at radius 3 is 2.72 bits per heavy atom. The predicted molar refractivity (Wildman–Crippen MR) is 130 cm³/mol. The smallest absolute Gasteiger partial charge is 0.266 e. The van der Waals surface area contributed by atoms with E-state index in [1.165, 1.54) is 18.0 Å². The summed E-state index contributed by atoms with van der Waals surface area (Å²) in [4.78, 5) is 30.3. The van der Waals surface area contributed by atoms with Gasteiger partial charge in [-0.3, -0.25) is 14.2 Å². The molecule has 6 nitrogen and oxygen atoms in total. The molecule has 32 heavy (non-hydrogen) atoms. The minimum atomic E-state index is -0.313. The van der Waals surface area contributed by atoms with Crippen LogP contribution in [0.4, 0.5) is 0 Å². The Kier molecular flexibility index (Phi) is 6.68. The lowest BCUT2D eigenvalue weighted by atomic mass is 10.2. The van der Waals surface area contributed by atoms with Crippen LogP contribution in [0.15, 0.2) is 87.8 Å². The fourth-order valence-corrected chi connectivity index (χ4v) is 4.16. The van der Waals surface area contributed by atoms with E-state index in [-0.39, 0.29) is 17.2 Å². The van der Waals surface area contributed by atoms with Crippen molar-refractivity contribution in [3.63, 3.8) is 0 Å². The van der Waals surface area contributed by atoms with E-state index in [1.807, 2.05) is 49.4 Å². The number of fused-ring (bicyclic) bond motifs is 1. The summed E-state index contributed by atoms with van der Waals surface area (Å²) < 4.78 is 1.56. The molecule has 0 aliphatic carbocycles. The second kappa shape index (κ2) is 9.80. The average molecular weight is 463 g/mol.